The Morgan fingerprint density at radius 2 is 1.71 bits per heavy atom. The van der Waals surface area contributed by atoms with Gasteiger partial charge in [-0.15, -0.1) is 0 Å². The van der Waals surface area contributed by atoms with E-state index >= 15 is 0 Å². The molecule has 0 aliphatic rings. The van der Waals surface area contributed by atoms with Crippen molar-refractivity contribution < 1.29 is 4.48 Å². The first-order chi connectivity index (χ1) is 3.06. The maximum atomic E-state index is 3.85. The standard InChI is InChI=1S/C5H13N2/c1-6-5-7(2,3)4/h5H,1-4H3/q+1. The first kappa shape index (κ1) is 6.63. The summed E-state index contributed by atoms with van der Waals surface area (Å²) in [6.07, 6.45) is 1.88. The van der Waals surface area contributed by atoms with Crippen LogP contribution in [-0.4, -0.2) is 39.0 Å². The topological polar surface area (TPSA) is 12.4 Å². The van der Waals surface area contributed by atoms with Gasteiger partial charge in [-0.25, -0.2) is 4.99 Å². The minimum atomic E-state index is 0.802. The third-order valence-corrected chi connectivity index (χ3v) is 0.462. The Kier molecular flexibility index (Phi) is 1.96. The van der Waals surface area contributed by atoms with Crippen LogP contribution in [-0.2, 0) is 0 Å². The molecule has 0 aromatic rings. The van der Waals surface area contributed by atoms with Crippen molar-refractivity contribution in [2.45, 2.75) is 0 Å². The molecule has 0 bridgehead atoms. The Labute approximate surface area is 45.1 Å². The van der Waals surface area contributed by atoms with Crippen LogP contribution in [0.3, 0.4) is 0 Å². The highest BCUT2D eigenvalue weighted by atomic mass is 15.3. The molecule has 42 valence electrons. The van der Waals surface area contributed by atoms with E-state index in [9.17, 15) is 0 Å². The van der Waals surface area contributed by atoms with Crippen molar-refractivity contribution in [3.63, 3.8) is 0 Å². The van der Waals surface area contributed by atoms with E-state index < -0.39 is 0 Å². The van der Waals surface area contributed by atoms with Gasteiger partial charge >= 0.3 is 0 Å². The second-order valence-electron chi connectivity index (χ2n) is 2.49. The van der Waals surface area contributed by atoms with Crippen LogP contribution in [0.25, 0.3) is 0 Å². The van der Waals surface area contributed by atoms with Crippen molar-refractivity contribution in [1.29, 1.82) is 0 Å². The summed E-state index contributed by atoms with van der Waals surface area (Å²) in [7, 11) is 7.97. The third-order valence-electron chi connectivity index (χ3n) is 0.462. The van der Waals surface area contributed by atoms with Gasteiger partial charge in [-0.05, 0) is 0 Å². The molecule has 0 rings (SSSR count). The molecule has 0 radical (unpaired) electrons. The van der Waals surface area contributed by atoms with Crippen molar-refractivity contribution in [1.82, 2.24) is 0 Å². The molecule has 0 fully saturated rings. The normalized spacial score (nSPS) is 13.1. The first-order valence-corrected chi connectivity index (χ1v) is 2.31. The maximum absolute atomic E-state index is 3.85. The molecule has 0 atom stereocenters. The Morgan fingerprint density at radius 1 is 1.29 bits per heavy atom. The van der Waals surface area contributed by atoms with Crippen LogP contribution in [0.5, 0.6) is 0 Å². The Balaban J connectivity index is 3.56. The number of hydrogen-bond donors (Lipinski definition) is 0. The van der Waals surface area contributed by atoms with E-state index in [1.165, 1.54) is 0 Å². The summed E-state index contributed by atoms with van der Waals surface area (Å²) >= 11 is 0. The molecular weight excluding hydrogens is 88.1 g/mol. The van der Waals surface area contributed by atoms with E-state index in [1.54, 1.807) is 7.05 Å². The molecule has 0 saturated heterocycles. The van der Waals surface area contributed by atoms with Crippen molar-refractivity contribution in [2.24, 2.45) is 4.99 Å². The van der Waals surface area contributed by atoms with Gasteiger partial charge in [0.15, 0.2) is 6.34 Å². The Hall–Kier alpha value is -0.370. The zero-order chi connectivity index (χ0) is 5.91. The molecule has 0 N–H and O–H groups in total. The fourth-order valence-electron chi connectivity index (χ4n) is 0.346. The van der Waals surface area contributed by atoms with E-state index in [1.807, 2.05) is 6.34 Å². The number of hydrogen-bond acceptors (Lipinski definition) is 1. The molecule has 2 nitrogen and oxygen atoms in total. The summed E-state index contributed by atoms with van der Waals surface area (Å²) < 4.78 is 0.802. The quantitative estimate of drug-likeness (QED) is 0.257. The van der Waals surface area contributed by atoms with Crippen LogP contribution >= 0.6 is 0 Å². The van der Waals surface area contributed by atoms with Gasteiger partial charge in [0, 0.05) is 7.05 Å². The maximum Gasteiger partial charge on any atom is 0.184 e. The van der Waals surface area contributed by atoms with Gasteiger partial charge in [-0.2, -0.15) is 0 Å². The molecule has 0 heterocycles. The van der Waals surface area contributed by atoms with E-state index in [0.717, 1.165) is 4.48 Å². The average molecular weight is 101 g/mol. The number of nitrogens with zero attached hydrogens (tertiary/aromatic N) is 2. The van der Waals surface area contributed by atoms with E-state index in [-0.39, 0.29) is 0 Å². The SMILES string of the molecule is CN=C[N+](C)(C)C. The minimum absolute atomic E-state index is 0.802. The third kappa shape index (κ3) is 5.63. The van der Waals surface area contributed by atoms with Crippen LogP contribution < -0.4 is 0 Å². The van der Waals surface area contributed by atoms with Crippen molar-refractivity contribution in [2.75, 3.05) is 28.2 Å². The summed E-state index contributed by atoms with van der Waals surface area (Å²) in [5, 5.41) is 0. The number of aliphatic imine (C=N–C) groups is 1. The number of rotatable bonds is 1. The molecule has 0 spiro atoms. The zero-order valence-electron chi connectivity index (χ0n) is 5.47. The summed E-state index contributed by atoms with van der Waals surface area (Å²) in [4.78, 5) is 3.85. The van der Waals surface area contributed by atoms with Gasteiger partial charge in [0.2, 0.25) is 0 Å². The van der Waals surface area contributed by atoms with Crippen LogP contribution in [0.4, 0.5) is 0 Å². The summed E-state index contributed by atoms with van der Waals surface area (Å²) in [5.41, 5.74) is 0. The van der Waals surface area contributed by atoms with E-state index in [4.69, 9.17) is 0 Å². The van der Waals surface area contributed by atoms with Gasteiger partial charge in [0.25, 0.3) is 0 Å². The lowest BCUT2D eigenvalue weighted by molar-refractivity contribution is -0.769. The fraction of sp³-hybridized carbons (Fsp3) is 0.800. The molecule has 0 unspecified atom stereocenters. The average Bonchev–Trinajstić information content (AvgIpc) is 1.30. The molecule has 0 amide bonds. The molecule has 0 aromatic carbocycles. The van der Waals surface area contributed by atoms with Crippen LogP contribution in [0.2, 0.25) is 0 Å². The molecule has 2 heteroatoms. The first-order valence-electron chi connectivity index (χ1n) is 2.31. The highest BCUT2D eigenvalue weighted by molar-refractivity contribution is 5.44. The lowest BCUT2D eigenvalue weighted by Gasteiger charge is -2.14. The van der Waals surface area contributed by atoms with E-state index in [0.29, 0.717) is 0 Å². The molecule has 0 aromatic heterocycles. The summed E-state index contributed by atoms with van der Waals surface area (Å²) in [6.45, 7) is 0. The highest BCUT2D eigenvalue weighted by Crippen LogP contribution is 1.79. The predicted molar refractivity (Wildman–Crippen MR) is 32.4 cm³/mol. The predicted octanol–water partition coefficient (Wildman–Crippen LogP) is 0.351. The molecule has 7 heavy (non-hydrogen) atoms. The van der Waals surface area contributed by atoms with Gasteiger partial charge in [-0.1, -0.05) is 0 Å². The molecule has 0 aliphatic carbocycles. The van der Waals surface area contributed by atoms with Crippen LogP contribution in [0.15, 0.2) is 4.99 Å². The second kappa shape index (κ2) is 2.07. The summed E-state index contributed by atoms with van der Waals surface area (Å²) in [5.74, 6) is 0. The fourth-order valence-corrected chi connectivity index (χ4v) is 0.346. The monoisotopic (exact) mass is 101 g/mol. The van der Waals surface area contributed by atoms with Crippen LogP contribution in [0.1, 0.15) is 0 Å². The highest BCUT2D eigenvalue weighted by Gasteiger charge is 1.97. The second-order valence-corrected chi connectivity index (χ2v) is 2.49. The lowest BCUT2D eigenvalue weighted by Crippen LogP contribution is -2.32. The molecule has 0 aliphatic heterocycles. The largest absolute Gasteiger partial charge is 0.289 e. The molecule has 0 saturated carbocycles. The Morgan fingerprint density at radius 3 is 1.71 bits per heavy atom. The minimum Gasteiger partial charge on any atom is -0.289 e. The van der Waals surface area contributed by atoms with Gasteiger partial charge in [0.05, 0.1) is 21.1 Å². The smallest absolute Gasteiger partial charge is 0.184 e. The van der Waals surface area contributed by atoms with E-state index in [2.05, 4.69) is 26.1 Å². The van der Waals surface area contributed by atoms with Gasteiger partial charge in [-0.3, -0.25) is 4.48 Å². The Bertz CT molecular complexity index is 68.6. The van der Waals surface area contributed by atoms with Crippen molar-refractivity contribution in [3.8, 4) is 0 Å². The van der Waals surface area contributed by atoms with Crippen LogP contribution in [0, 0.1) is 0 Å². The summed E-state index contributed by atoms with van der Waals surface area (Å²) in [6, 6.07) is 0. The van der Waals surface area contributed by atoms with Gasteiger partial charge < -0.3 is 0 Å². The van der Waals surface area contributed by atoms with Gasteiger partial charge in [0.1, 0.15) is 0 Å². The lowest BCUT2D eigenvalue weighted by atomic mass is 10.7. The number of quaternary nitrogens is 1. The van der Waals surface area contributed by atoms with Crippen molar-refractivity contribution >= 4 is 6.34 Å². The molecular formula is C5H13N2+. The zero-order valence-corrected chi connectivity index (χ0v) is 5.47. The van der Waals surface area contributed by atoms with Crippen molar-refractivity contribution in [3.05, 3.63) is 0 Å².